The topological polar surface area (TPSA) is 61.5 Å². The second-order valence-corrected chi connectivity index (χ2v) is 6.06. The van der Waals surface area contributed by atoms with Gasteiger partial charge in [0.05, 0.1) is 15.6 Å². The highest BCUT2D eigenvalue weighted by Gasteiger charge is 2.12. The summed E-state index contributed by atoms with van der Waals surface area (Å²) in [6.07, 6.45) is 1.72. The van der Waals surface area contributed by atoms with E-state index in [2.05, 4.69) is 38.8 Å². The molecule has 0 aliphatic carbocycles. The zero-order valence-electron chi connectivity index (χ0n) is 11.6. The van der Waals surface area contributed by atoms with Gasteiger partial charge in [0.15, 0.2) is 6.61 Å². The highest BCUT2D eigenvalue weighted by molar-refractivity contribution is 9.11. The van der Waals surface area contributed by atoms with Crippen LogP contribution < -0.4 is 10.5 Å². The highest BCUT2D eigenvalue weighted by atomic mass is 79.9. The third kappa shape index (κ3) is 5.42. The lowest BCUT2D eigenvalue weighted by atomic mass is 10.0. The van der Waals surface area contributed by atoms with Crippen LogP contribution in [0.3, 0.4) is 0 Å². The fraction of sp³-hybridized carbons (Fsp3) is 0.500. The molecule has 1 atom stereocenters. The van der Waals surface area contributed by atoms with Crippen molar-refractivity contribution in [2.75, 3.05) is 13.2 Å². The molecule has 0 heterocycles. The van der Waals surface area contributed by atoms with Gasteiger partial charge in [-0.3, -0.25) is 0 Å². The number of halogens is 2. The molecule has 0 aliphatic heterocycles. The third-order valence-corrected chi connectivity index (χ3v) is 3.90. The molecule has 0 radical (unpaired) electrons. The number of benzene rings is 1. The first-order valence-electron chi connectivity index (χ1n) is 6.49. The maximum atomic E-state index is 11.3. The first-order chi connectivity index (χ1) is 9.47. The number of hydrogen-bond acceptors (Lipinski definition) is 4. The van der Waals surface area contributed by atoms with E-state index >= 15 is 0 Å². The van der Waals surface area contributed by atoms with Crippen molar-refractivity contribution in [3.05, 3.63) is 26.6 Å². The van der Waals surface area contributed by atoms with Crippen molar-refractivity contribution in [1.82, 2.24) is 0 Å². The van der Waals surface area contributed by atoms with Crippen molar-refractivity contribution in [3.63, 3.8) is 0 Å². The fourth-order valence-electron chi connectivity index (χ4n) is 1.65. The van der Waals surface area contributed by atoms with Gasteiger partial charge in [0.2, 0.25) is 0 Å². The summed E-state index contributed by atoms with van der Waals surface area (Å²) in [6, 6.07) is 4.06. The number of ether oxygens (including phenoxy) is 2. The molecule has 1 rings (SSSR count). The molecule has 20 heavy (non-hydrogen) atoms. The standard InChI is InChI=1S/C14H19Br2NO3/c1-3-10(17)5-9-6-11(15)14(12(16)7-9)20-8-13(18)19-4-2/h6-7,10H,3-5,8,17H2,1-2H3. The molecule has 2 N–H and O–H groups in total. The number of nitrogens with two attached hydrogens (primary N) is 1. The SMILES string of the molecule is CCOC(=O)COc1c(Br)cc(CC(N)CC)cc1Br. The molecule has 6 heteroatoms. The predicted octanol–water partition coefficient (Wildman–Crippen LogP) is 3.43. The summed E-state index contributed by atoms with van der Waals surface area (Å²) < 4.78 is 11.9. The van der Waals surface area contributed by atoms with Crippen LogP contribution in [0.1, 0.15) is 25.8 Å². The van der Waals surface area contributed by atoms with E-state index in [1.165, 1.54) is 0 Å². The van der Waals surface area contributed by atoms with E-state index in [0.29, 0.717) is 12.4 Å². The van der Waals surface area contributed by atoms with Crippen LogP contribution in [0.2, 0.25) is 0 Å². The van der Waals surface area contributed by atoms with Gasteiger partial charge >= 0.3 is 5.97 Å². The molecule has 112 valence electrons. The summed E-state index contributed by atoms with van der Waals surface area (Å²) >= 11 is 6.90. The van der Waals surface area contributed by atoms with Crippen LogP contribution in [0.5, 0.6) is 5.75 Å². The van der Waals surface area contributed by atoms with Crippen molar-refractivity contribution in [2.45, 2.75) is 32.7 Å². The van der Waals surface area contributed by atoms with E-state index in [9.17, 15) is 4.79 Å². The molecule has 0 bridgehead atoms. The molecule has 1 aromatic rings. The van der Waals surface area contributed by atoms with E-state index in [4.69, 9.17) is 15.2 Å². The van der Waals surface area contributed by atoms with Crippen LogP contribution in [-0.4, -0.2) is 25.2 Å². The summed E-state index contributed by atoms with van der Waals surface area (Å²) in [5.41, 5.74) is 7.06. The second-order valence-electron chi connectivity index (χ2n) is 4.35. The third-order valence-electron chi connectivity index (χ3n) is 2.72. The summed E-state index contributed by atoms with van der Waals surface area (Å²) in [7, 11) is 0. The Balaban J connectivity index is 2.76. The normalized spacial score (nSPS) is 12.1. The Morgan fingerprint density at radius 1 is 1.30 bits per heavy atom. The maximum absolute atomic E-state index is 11.3. The Morgan fingerprint density at radius 2 is 1.90 bits per heavy atom. The zero-order valence-corrected chi connectivity index (χ0v) is 14.8. The second kappa shape index (κ2) is 8.64. The van der Waals surface area contributed by atoms with Crippen LogP contribution in [0, 0.1) is 0 Å². The molecule has 0 spiro atoms. The summed E-state index contributed by atoms with van der Waals surface area (Å²) in [4.78, 5) is 11.3. The molecule has 0 amide bonds. The van der Waals surface area contributed by atoms with Gasteiger partial charge in [0, 0.05) is 6.04 Å². The molecule has 0 aliphatic rings. The van der Waals surface area contributed by atoms with Crippen LogP contribution in [0.4, 0.5) is 0 Å². The number of hydrogen-bond donors (Lipinski definition) is 1. The number of rotatable bonds is 7. The van der Waals surface area contributed by atoms with Crippen molar-refractivity contribution in [2.24, 2.45) is 5.73 Å². The van der Waals surface area contributed by atoms with Crippen molar-refractivity contribution in [1.29, 1.82) is 0 Å². The Kier molecular flexibility index (Phi) is 7.55. The van der Waals surface area contributed by atoms with Crippen LogP contribution >= 0.6 is 31.9 Å². The minimum Gasteiger partial charge on any atom is -0.480 e. The lowest BCUT2D eigenvalue weighted by Gasteiger charge is -2.13. The molecule has 1 unspecified atom stereocenters. The van der Waals surface area contributed by atoms with Crippen LogP contribution in [-0.2, 0) is 16.0 Å². The first kappa shape index (κ1) is 17.5. The lowest BCUT2D eigenvalue weighted by Crippen LogP contribution is -2.21. The molecule has 0 saturated heterocycles. The van der Waals surface area contributed by atoms with Gasteiger partial charge in [-0.2, -0.15) is 0 Å². The van der Waals surface area contributed by atoms with Crippen LogP contribution in [0.15, 0.2) is 21.1 Å². The van der Waals surface area contributed by atoms with Crippen molar-refractivity contribution in [3.8, 4) is 5.75 Å². The average molecular weight is 409 g/mol. The summed E-state index contributed by atoms with van der Waals surface area (Å²) in [6.45, 7) is 4.05. The number of carbonyl (C=O) groups is 1. The highest BCUT2D eigenvalue weighted by Crippen LogP contribution is 2.35. The van der Waals surface area contributed by atoms with Crippen molar-refractivity contribution < 1.29 is 14.3 Å². The Morgan fingerprint density at radius 3 is 2.40 bits per heavy atom. The van der Waals surface area contributed by atoms with Gasteiger partial charge in [0.25, 0.3) is 0 Å². The number of carbonyl (C=O) groups excluding carboxylic acids is 1. The number of esters is 1. The zero-order chi connectivity index (χ0) is 15.1. The van der Waals surface area contributed by atoms with Gasteiger partial charge in [-0.25, -0.2) is 4.79 Å². The minimum absolute atomic E-state index is 0.112. The monoisotopic (exact) mass is 407 g/mol. The summed E-state index contributed by atoms with van der Waals surface area (Å²) in [5.74, 6) is 0.204. The smallest absolute Gasteiger partial charge is 0.344 e. The molecule has 4 nitrogen and oxygen atoms in total. The van der Waals surface area contributed by atoms with E-state index in [1.54, 1.807) is 6.92 Å². The van der Waals surface area contributed by atoms with E-state index in [0.717, 1.165) is 27.4 Å². The quantitative estimate of drug-likeness (QED) is 0.702. The largest absolute Gasteiger partial charge is 0.480 e. The molecule has 0 fully saturated rings. The van der Waals surface area contributed by atoms with Gasteiger partial charge in [0.1, 0.15) is 5.75 Å². The molecule has 0 saturated carbocycles. The lowest BCUT2D eigenvalue weighted by molar-refractivity contribution is -0.145. The van der Waals surface area contributed by atoms with Crippen molar-refractivity contribution >= 4 is 37.8 Å². The van der Waals surface area contributed by atoms with Gasteiger partial charge in [-0.05, 0) is 69.3 Å². The molecule has 0 aromatic heterocycles. The minimum atomic E-state index is -0.386. The van der Waals surface area contributed by atoms with Gasteiger partial charge < -0.3 is 15.2 Å². The first-order valence-corrected chi connectivity index (χ1v) is 8.08. The van der Waals surface area contributed by atoms with Gasteiger partial charge in [-0.1, -0.05) is 6.92 Å². The maximum Gasteiger partial charge on any atom is 0.344 e. The Hall–Kier alpha value is -0.590. The Bertz CT molecular complexity index is 443. The summed E-state index contributed by atoms with van der Waals surface area (Å²) in [5, 5.41) is 0. The van der Waals surface area contributed by atoms with Gasteiger partial charge in [-0.15, -0.1) is 0 Å². The fourth-order valence-corrected chi connectivity index (χ4v) is 3.16. The predicted molar refractivity (Wildman–Crippen MR) is 85.9 cm³/mol. The van der Waals surface area contributed by atoms with E-state index < -0.39 is 0 Å². The Labute approximate surface area is 136 Å². The van der Waals surface area contributed by atoms with E-state index in [-0.39, 0.29) is 18.6 Å². The van der Waals surface area contributed by atoms with E-state index in [1.807, 2.05) is 12.1 Å². The molecular weight excluding hydrogens is 390 g/mol. The molecule has 1 aromatic carbocycles. The van der Waals surface area contributed by atoms with Crippen LogP contribution in [0.25, 0.3) is 0 Å². The average Bonchev–Trinajstić information content (AvgIpc) is 2.37. The molecular formula is C14H19Br2NO3.